The standard InChI is InChI=1S/C15H25NO3S2/c1-20-13-4-2-3-11-16-21(18,19)15-9-7-14(8-10-15)6-5-12-17/h7-10,16-17H,2-6,11-13H2,1H3. The first-order valence-electron chi connectivity index (χ1n) is 7.28. The zero-order chi connectivity index (χ0) is 15.6. The van der Waals surface area contributed by atoms with Gasteiger partial charge in [0.25, 0.3) is 0 Å². The number of nitrogens with one attached hydrogen (secondary N) is 1. The number of hydrogen-bond donors (Lipinski definition) is 2. The van der Waals surface area contributed by atoms with Gasteiger partial charge < -0.3 is 5.11 Å². The maximum Gasteiger partial charge on any atom is 0.240 e. The molecule has 0 heterocycles. The molecule has 0 aromatic heterocycles. The van der Waals surface area contributed by atoms with E-state index in [0.29, 0.717) is 17.9 Å². The number of hydrogen-bond acceptors (Lipinski definition) is 4. The van der Waals surface area contributed by atoms with Gasteiger partial charge in [0.2, 0.25) is 10.0 Å². The quantitative estimate of drug-likeness (QED) is 0.611. The van der Waals surface area contributed by atoms with Crippen LogP contribution in [-0.4, -0.2) is 38.7 Å². The minimum Gasteiger partial charge on any atom is -0.396 e. The van der Waals surface area contributed by atoms with E-state index in [4.69, 9.17) is 5.11 Å². The normalized spacial score (nSPS) is 11.7. The molecule has 1 rings (SSSR count). The Morgan fingerprint density at radius 2 is 1.81 bits per heavy atom. The first-order chi connectivity index (χ1) is 10.1. The molecule has 0 atom stereocenters. The third kappa shape index (κ3) is 7.31. The van der Waals surface area contributed by atoms with Gasteiger partial charge in [-0.1, -0.05) is 18.6 Å². The summed E-state index contributed by atoms with van der Waals surface area (Å²) in [5.74, 6) is 1.13. The molecule has 0 aliphatic rings. The molecule has 1 aromatic rings. The molecule has 1 aromatic carbocycles. The summed E-state index contributed by atoms with van der Waals surface area (Å²) >= 11 is 1.81. The fraction of sp³-hybridized carbons (Fsp3) is 0.600. The fourth-order valence-corrected chi connectivity index (χ4v) is 3.52. The van der Waals surface area contributed by atoms with Crippen molar-refractivity contribution in [1.82, 2.24) is 4.72 Å². The molecule has 0 unspecified atom stereocenters. The lowest BCUT2D eigenvalue weighted by molar-refractivity contribution is 0.288. The van der Waals surface area contributed by atoms with Crippen LogP contribution < -0.4 is 4.72 Å². The largest absolute Gasteiger partial charge is 0.396 e. The van der Waals surface area contributed by atoms with Crippen LogP contribution >= 0.6 is 11.8 Å². The smallest absolute Gasteiger partial charge is 0.240 e. The van der Waals surface area contributed by atoms with Crippen molar-refractivity contribution in [1.29, 1.82) is 0 Å². The van der Waals surface area contributed by atoms with Gasteiger partial charge in [0.05, 0.1) is 4.90 Å². The molecule has 6 heteroatoms. The van der Waals surface area contributed by atoms with Crippen molar-refractivity contribution in [3.05, 3.63) is 29.8 Å². The number of aliphatic hydroxyl groups is 1. The van der Waals surface area contributed by atoms with E-state index in [9.17, 15) is 8.42 Å². The molecule has 0 saturated heterocycles. The van der Waals surface area contributed by atoms with E-state index < -0.39 is 10.0 Å². The van der Waals surface area contributed by atoms with Crippen molar-refractivity contribution in [3.8, 4) is 0 Å². The second-order valence-corrected chi connectivity index (χ2v) is 7.67. The fourth-order valence-electron chi connectivity index (χ4n) is 1.96. The first-order valence-corrected chi connectivity index (χ1v) is 10.2. The summed E-state index contributed by atoms with van der Waals surface area (Å²) in [5, 5.41) is 8.78. The highest BCUT2D eigenvalue weighted by Gasteiger charge is 2.12. The third-order valence-corrected chi connectivity index (χ3v) is 5.35. The molecule has 4 nitrogen and oxygen atoms in total. The number of aryl methyl sites for hydroxylation is 1. The van der Waals surface area contributed by atoms with Crippen LogP contribution in [0.5, 0.6) is 0 Å². The van der Waals surface area contributed by atoms with Gasteiger partial charge in [0.15, 0.2) is 0 Å². The van der Waals surface area contributed by atoms with Crippen LogP contribution in [0.1, 0.15) is 31.2 Å². The zero-order valence-electron chi connectivity index (χ0n) is 12.5. The van der Waals surface area contributed by atoms with Crippen LogP contribution in [0.2, 0.25) is 0 Å². The van der Waals surface area contributed by atoms with Crippen molar-refractivity contribution in [2.24, 2.45) is 0 Å². The number of rotatable bonds is 11. The summed E-state index contributed by atoms with van der Waals surface area (Å²) in [6, 6.07) is 6.87. The molecule has 21 heavy (non-hydrogen) atoms. The monoisotopic (exact) mass is 331 g/mol. The molecule has 0 fully saturated rings. The van der Waals surface area contributed by atoms with Gasteiger partial charge in [-0.3, -0.25) is 0 Å². The Labute approximate surface area is 132 Å². The first kappa shape index (κ1) is 18.5. The van der Waals surface area contributed by atoms with E-state index in [1.54, 1.807) is 12.1 Å². The van der Waals surface area contributed by atoms with Gasteiger partial charge in [0, 0.05) is 13.2 Å². The predicted octanol–water partition coefficient (Wildman–Crippen LogP) is 2.42. The molecule has 0 saturated carbocycles. The SMILES string of the molecule is CSCCCCCNS(=O)(=O)c1ccc(CCCO)cc1. The highest BCUT2D eigenvalue weighted by atomic mass is 32.2. The Balaban J connectivity index is 2.42. The Morgan fingerprint density at radius 1 is 1.10 bits per heavy atom. The van der Waals surface area contributed by atoms with Crippen molar-refractivity contribution in [3.63, 3.8) is 0 Å². The topological polar surface area (TPSA) is 66.4 Å². The van der Waals surface area contributed by atoms with E-state index in [2.05, 4.69) is 11.0 Å². The number of aliphatic hydroxyl groups excluding tert-OH is 1. The molecule has 0 bridgehead atoms. The predicted molar refractivity (Wildman–Crippen MR) is 89.3 cm³/mol. The summed E-state index contributed by atoms with van der Waals surface area (Å²) in [5.41, 5.74) is 1.04. The van der Waals surface area contributed by atoms with Gasteiger partial charge >= 0.3 is 0 Å². The minimum atomic E-state index is -3.39. The van der Waals surface area contributed by atoms with E-state index in [1.165, 1.54) is 0 Å². The zero-order valence-corrected chi connectivity index (χ0v) is 14.2. The van der Waals surface area contributed by atoms with Gasteiger partial charge in [0.1, 0.15) is 0 Å². The minimum absolute atomic E-state index is 0.151. The molecule has 0 radical (unpaired) electrons. The molecule has 0 aliphatic carbocycles. The molecule has 0 amide bonds. The Kier molecular flexibility index (Phi) is 8.99. The van der Waals surface area contributed by atoms with Crippen LogP contribution in [0.3, 0.4) is 0 Å². The molecular formula is C15H25NO3S2. The second kappa shape index (κ2) is 10.2. The van der Waals surface area contributed by atoms with Crippen LogP contribution in [0, 0.1) is 0 Å². The van der Waals surface area contributed by atoms with Crippen LogP contribution in [0.15, 0.2) is 29.2 Å². The van der Waals surface area contributed by atoms with Gasteiger partial charge in [-0.2, -0.15) is 11.8 Å². The van der Waals surface area contributed by atoms with E-state index in [1.807, 2.05) is 23.9 Å². The number of thioether (sulfide) groups is 1. The Bertz CT molecular complexity index is 486. The maximum absolute atomic E-state index is 12.1. The van der Waals surface area contributed by atoms with Crippen LogP contribution in [-0.2, 0) is 16.4 Å². The maximum atomic E-state index is 12.1. The number of sulfonamides is 1. The van der Waals surface area contributed by atoms with Gasteiger partial charge in [-0.15, -0.1) is 0 Å². The number of benzene rings is 1. The van der Waals surface area contributed by atoms with Crippen LogP contribution in [0.25, 0.3) is 0 Å². The lowest BCUT2D eigenvalue weighted by atomic mass is 10.1. The van der Waals surface area contributed by atoms with Gasteiger partial charge in [-0.25, -0.2) is 13.1 Å². The lowest BCUT2D eigenvalue weighted by Crippen LogP contribution is -2.24. The highest BCUT2D eigenvalue weighted by molar-refractivity contribution is 7.98. The molecule has 120 valence electrons. The molecule has 2 N–H and O–H groups in total. The highest BCUT2D eigenvalue weighted by Crippen LogP contribution is 2.12. The van der Waals surface area contributed by atoms with Crippen molar-refractivity contribution >= 4 is 21.8 Å². The summed E-state index contributed by atoms with van der Waals surface area (Å²) in [4.78, 5) is 0.305. The Morgan fingerprint density at radius 3 is 2.43 bits per heavy atom. The van der Waals surface area contributed by atoms with E-state index in [0.717, 1.165) is 37.0 Å². The summed E-state index contributed by atoms with van der Waals surface area (Å²) in [6.07, 6.45) is 6.58. The summed E-state index contributed by atoms with van der Waals surface area (Å²) in [6.45, 7) is 0.640. The second-order valence-electron chi connectivity index (χ2n) is 4.92. The van der Waals surface area contributed by atoms with E-state index in [-0.39, 0.29) is 6.61 Å². The number of unbranched alkanes of at least 4 members (excludes halogenated alkanes) is 2. The molecule has 0 aliphatic heterocycles. The van der Waals surface area contributed by atoms with Crippen molar-refractivity contribution in [2.45, 2.75) is 37.0 Å². The average Bonchev–Trinajstić information content (AvgIpc) is 2.49. The third-order valence-electron chi connectivity index (χ3n) is 3.17. The lowest BCUT2D eigenvalue weighted by Gasteiger charge is -2.07. The van der Waals surface area contributed by atoms with E-state index >= 15 is 0 Å². The molecular weight excluding hydrogens is 306 g/mol. The van der Waals surface area contributed by atoms with Gasteiger partial charge in [-0.05, 0) is 55.4 Å². The van der Waals surface area contributed by atoms with Crippen molar-refractivity contribution in [2.75, 3.05) is 25.2 Å². The van der Waals surface area contributed by atoms with Crippen LogP contribution in [0.4, 0.5) is 0 Å². The Hall–Kier alpha value is -0.560. The summed E-state index contributed by atoms with van der Waals surface area (Å²) < 4.78 is 26.8. The van der Waals surface area contributed by atoms with Crippen molar-refractivity contribution < 1.29 is 13.5 Å². The summed E-state index contributed by atoms with van der Waals surface area (Å²) in [7, 11) is -3.39. The molecule has 0 spiro atoms. The average molecular weight is 332 g/mol.